The predicted octanol–water partition coefficient (Wildman–Crippen LogP) is 4.63. The number of halogens is 1. The molecule has 232 valence electrons. The minimum atomic E-state index is -0.416. The molecule has 0 unspecified atom stereocenters. The maximum absolute atomic E-state index is 14.2. The van der Waals surface area contributed by atoms with E-state index in [2.05, 4.69) is 15.5 Å². The van der Waals surface area contributed by atoms with E-state index < -0.39 is 17.8 Å². The Labute approximate surface area is 261 Å². The van der Waals surface area contributed by atoms with Gasteiger partial charge in [-0.15, -0.1) is 0 Å². The van der Waals surface area contributed by atoms with Gasteiger partial charge >= 0.3 is 0 Å². The molecule has 9 nitrogen and oxygen atoms in total. The highest BCUT2D eigenvalue weighted by molar-refractivity contribution is 5.96. The van der Waals surface area contributed by atoms with Crippen LogP contribution in [0.4, 0.5) is 10.1 Å². The van der Waals surface area contributed by atoms with Gasteiger partial charge in [0.05, 0.1) is 30.4 Å². The summed E-state index contributed by atoms with van der Waals surface area (Å²) in [6, 6.07) is 21.2. The van der Waals surface area contributed by atoms with Crippen LogP contribution in [0.1, 0.15) is 64.1 Å². The number of hydrogen-bond donors (Lipinski definition) is 2. The third-order valence-corrected chi connectivity index (χ3v) is 8.51. The van der Waals surface area contributed by atoms with Crippen molar-refractivity contribution in [2.75, 3.05) is 11.4 Å². The van der Waals surface area contributed by atoms with Gasteiger partial charge in [-0.05, 0) is 92.8 Å². The average Bonchev–Trinajstić information content (AvgIpc) is 3.49. The molecule has 1 aliphatic rings. The zero-order valence-corrected chi connectivity index (χ0v) is 25.5. The van der Waals surface area contributed by atoms with Gasteiger partial charge in [0.2, 0.25) is 12.3 Å². The number of likely N-dealkylation sites (tertiary alicyclic amines) is 1. The van der Waals surface area contributed by atoms with Crippen LogP contribution in [0.2, 0.25) is 0 Å². The summed E-state index contributed by atoms with van der Waals surface area (Å²) in [6.45, 7) is 5.29. The third-order valence-electron chi connectivity index (χ3n) is 8.51. The van der Waals surface area contributed by atoms with Gasteiger partial charge in [-0.3, -0.25) is 19.2 Å². The molecule has 45 heavy (non-hydrogen) atoms. The number of anilines is 1. The highest BCUT2D eigenvalue weighted by Crippen LogP contribution is 2.39. The van der Waals surface area contributed by atoms with Crippen molar-refractivity contribution in [3.63, 3.8) is 0 Å². The molecule has 0 saturated carbocycles. The minimum absolute atomic E-state index is 0.258. The number of para-hydroxylation sites is 1. The Morgan fingerprint density at radius 2 is 1.82 bits per heavy atom. The lowest BCUT2D eigenvalue weighted by Gasteiger charge is -2.38. The summed E-state index contributed by atoms with van der Waals surface area (Å²) in [5, 5.41) is 9.16. The van der Waals surface area contributed by atoms with Gasteiger partial charge < -0.3 is 15.1 Å². The Balaban J connectivity index is 1.33. The molecule has 3 aromatic carbocycles. The Morgan fingerprint density at radius 1 is 1.04 bits per heavy atom. The Hall–Kier alpha value is -5.12. The maximum Gasteiger partial charge on any atom is 0.267 e. The van der Waals surface area contributed by atoms with E-state index >= 15 is 0 Å². The number of nitrogens with zero attached hydrogens (tertiary/aromatic N) is 3. The van der Waals surface area contributed by atoms with Gasteiger partial charge in [0.25, 0.3) is 11.5 Å². The van der Waals surface area contributed by atoms with Crippen molar-refractivity contribution in [3.8, 4) is 0 Å². The highest BCUT2D eigenvalue weighted by atomic mass is 19.1. The monoisotopic (exact) mass is 609 g/mol. The number of amides is 3. The second-order valence-electron chi connectivity index (χ2n) is 11.5. The lowest BCUT2D eigenvalue weighted by Crippen LogP contribution is -2.52. The van der Waals surface area contributed by atoms with Crippen molar-refractivity contribution in [1.82, 2.24) is 20.4 Å². The number of aromatic amines is 1. The normalized spacial score (nSPS) is 16.7. The second kappa shape index (κ2) is 13.7. The number of nitrogens with one attached hydrogen (secondary N) is 2. The average molecular weight is 610 g/mol. The van der Waals surface area contributed by atoms with Crippen molar-refractivity contribution in [3.05, 3.63) is 129 Å². The number of aryl methyl sites for hydroxylation is 2. The van der Waals surface area contributed by atoms with Gasteiger partial charge in [0.1, 0.15) is 5.82 Å². The first-order chi connectivity index (χ1) is 21.7. The van der Waals surface area contributed by atoms with Crippen LogP contribution in [0.5, 0.6) is 0 Å². The summed E-state index contributed by atoms with van der Waals surface area (Å²) in [5.74, 6) is -1.14. The molecule has 1 saturated heterocycles. The van der Waals surface area contributed by atoms with Crippen molar-refractivity contribution < 1.29 is 18.8 Å². The number of carbonyl (C=O) groups is 3. The fourth-order valence-electron chi connectivity index (χ4n) is 6.17. The Bertz CT molecular complexity index is 1760. The summed E-state index contributed by atoms with van der Waals surface area (Å²) in [7, 11) is 0. The van der Waals surface area contributed by atoms with Crippen LogP contribution in [0.25, 0.3) is 0 Å². The summed E-state index contributed by atoms with van der Waals surface area (Å²) in [5.41, 5.74) is 4.50. The number of rotatable bonds is 10. The smallest absolute Gasteiger partial charge is 0.267 e. The Kier molecular flexibility index (Phi) is 9.51. The molecule has 0 bridgehead atoms. The van der Waals surface area contributed by atoms with Crippen LogP contribution < -0.4 is 15.8 Å². The molecule has 2 N–H and O–H groups in total. The van der Waals surface area contributed by atoms with Crippen molar-refractivity contribution in [2.45, 2.75) is 58.2 Å². The van der Waals surface area contributed by atoms with Gasteiger partial charge in [-0.25, -0.2) is 9.49 Å². The second-order valence-corrected chi connectivity index (χ2v) is 11.5. The van der Waals surface area contributed by atoms with E-state index in [-0.39, 0.29) is 30.1 Å². The van der Waals surface area contributed by atoms with Crippen LogP contribution in [0, 0.1) is 19.7 Å². The summed E-state index contributed by atoms with van der Waals surface area (Å²) < 4.78 is 14.2. The molecule has 0 aliphatic carbocycles. The number of aromatic nitrogens is 2. The van der Waals surface area contributed by atoms with Crippen LogP contribution in [-0.4, -0.2) is 52.0 Å². The predicted molar refractivity (Wildman–Crippen MR) is 169 cm³/mol. The van der Waals surface area contributed by atoms with Gasteiger partial charge in [-0.1, -0.05) is 36.4 Å². The van der Waals surface area contributed by atoms with E-state index in [1.165, 1.54) is 12.1 Å². The van der Waals surface area contributed by atoms with Crippen LogP contribution >= 0.6 is 0 Å². The molecule has 1 fully saturated rings. The van der Waals surface area contributed by atoms with Crippen LogP contribution in [0.15, 0.2) is 83.7 Å². The molecule has 0 spiro atoms. The quantitative estimate of drug-likeness (QED) is 0.255. The van der Waals surface area contributed by atoms with Crippen LogP contribution in [0.3, 0.4) is 0 Å². The van der Waals surface area contributed by atoms with Crippen molar-refractivity contribution >= 4 is 23.9 Å². The zero-order chi connectivity index (χ0) is 32.1. The molecule has 0 radical (unpaired) electrons. The molecule has 3 amide bonds. The fourth-order valence-corrected chi connectivity index (χ4v) is 6.17. The van der Waals surface area contributed by atoms with Crippen molar-refractivity contribution in [1.29, 1.82) is 0 Å². The van der Waals surface area contributed by atoms with Gasteiger partial charge in [-0.2, -0.15) is 5.10 Å². The largest absolute Gasteiger partial charge is 0.343 e. The first kappa shape index (κ1) is 31.3. The number of hydrogen-bond acceptors (Lipinski definition) is 5. The zero-order valence-electron chi connectivity index (χ0n) is 25.5. The summed E-state index contributed by atoms with van der Waals surface area (Å²) in [6.07, 6.45) is 2.33. The molecule has 1 aromatic heterocycles. The highest BCUT2D eigenvalue weighted by Gasteiger charge is 2.42. The lowest BCUT2D eigenvalue weighted by molar-refractivity contribution is -0.133. The SMILES string of the molecule is Cc1cc(Cc2ccc(C(=O)NCC(=O)N3[C@@H]([C@H](C)N(C=O)c4ccccc4)CC[C@H]3c3cccc(F)c3)cc2C)c(=O)[nH]n1. The first-order valence-electron chi connectivity index (χ1n) is 14.9. The van der Waals surface area contributed by atoms with Crippen molar-refractivity contribution in [2.24, 2.45) is 0 Å². The molecular weight excluding hydrogens is 573 g/mol. The van der Waals surface area contributed by atoms with Gasteiger partial charge in [0, 0.05) is 23.2 Å². The molecule has 3 atom stereocenters. The first-order valence-corrected chi connectivity index (χ1v) is 14.9. The van der Waals surface area contributed by atoms with E-state index in [4.69, 9.17) is 0 Å². The summed E-state index contributed by atoms with van der Waals surface area (Å²) in [4.78, 5) is 54.8. The standard InChI is InChI=1S/C35H36FN5O4/c1-22-16-27(13-12-25(22)18-28-17-23(2)38-39-35(28)45)34(44)37-20-33(43)41-31(14-15-32(41)26-8-7-9-29(36)19-26)24(3)40(21-42)30-10-5-4-6-11-30/h4-13,16-17,19,21,24,31-32H,14-15,18,20H2,1-3H3,(H,37,44)(H,39,45)/t24-,31+,32-/m0/s1. The minimum Gasteiger partial charge on any atom is -0.343 e. The van der Waals surface area contributed by atoms with Gasteiger partial charge in [0.15, 0.2) is 0 Å². The molecule has 4 aromatic rings. The van der Waals surface area contributed by atoms with E-state index in [9.17, 15) is 23.6 Å². The number of benzene rings is 3. The Morgan fingerprint density at radius 3 is 2.53 bits per heavy atom. The van der Waals surface area contributed by atoms with Crippen LogP contribution in [-0.2, 0) is 16.0 Å². The topological polar surface area (TPSA) is 115 Å². The molecular formula is C35H36FN5O4. The molecule has 2 heterocycles. The fraction of sp³-hybridized carbons (Fsp3) is 0.286. The van der Waals surface area contributed by atoms with E-state index in [0.29, 0.717) is 47.3 Å². The molecule has 1 aliphatic heterocycles. The molecule has 5 rings (SSSR count). The third kappa shape index (κ3) is 7.01. The van der Waals surface area contributed by atoms with E-state index in [0.717, 1.165) is 17.5 Å². The lowest BCUT2D eigenvalue weighted by atomic mass is 9.99. The molecule has 10 heteroatoms. The van der Waals surface area contributed by atoms with E-state index in [1.54, 1.807) is 53.1 Å². The maximum atomic E-state index is 14.2. The summed E-state index contributed by atoms with van der Waals surface area (Å²) >= 11 is 0. The number of carbonyl (C=O) groups excluding carboxylic acids is 3. The van der Waals surface area contributed by atoms with E-state index in [1.807, 2.05) is 44.2 Å². The number of H-pyrrole nitrogens is 1.